The van der Waals surface area contributed by atoms with Gasteiger partial charge in [0.25, 0.3) is 5.56 Å². The normalized spacial score (nSPS) is 24.5. The molecule has 0 spiro atoms. The number of hydrogen-bond donors (Lipinski definition) is 0. The fraction of sp³-hybridized carbons (Fsp3) is 0.765. The van der Waals surface area contributed by atoms with Crippen LogP contribution in [0.2, 0.25) is 0 Å². The van der Waals surface area contributed by atoms with E-state index >= 15 is 0 Å². The first-order valence-electron chi connectivity index (χ1n) is 8.59. The molecule has 2 fully saturated rings. The first kappa shape index (κ1) is 15.7. The molecule has 2 aliphatic rings. The number of aromatic nitrogens is 2. The number of likely N-dealkylation sites (tertiary alicyclic amines) is 1. The smallest absolute Gasteiger partial charge is 0.266 e. The van der Waals surface area contributed by atoms with E-state index in [1.807, 2.05) is 6.92 Å². The molecule has 0 amide bonds. The van der Waals surface area contributed by atoms with E-state index in [0.29, 0.717) is 12.0 Å². The zero-order valence-electron chi connectivity index (χ0n) is 13.5. The summed E-state index contributed by atoms with van der Waals surface area (Å²) in [6.45, 7) is 6.94. The highest BCUT2D eigenvalue weighted by Gasteiger charge is 2.23. The molecule has 0 aliphatic carbocycles. The van der Waals surface area contributed by atoms with Gasteiger partial charge in [0.2, 0.25) is 0 Å². The molecule has 0 saturated carbocycles. The molecule has 122 valence electrons. The highest BCUT2D eigenvalue weighted by molar-refractivity contribution is 4.97. The molecule has 5 heteroatoms. The standard InChI is InChI=1S/C17H27N3O2/c1-14-5-6-17(21)20(18-14)12-15-7-9-19(10-8-15)13-16-4-2-3-11-22-16/h5-6,15-16H,2-4,7-13H2,1H3. The van der Waals surface area contributed by atoms with Crippen LogP contribution in [0, 0.1) is 12.8 Å². The maximum atomic E-state index is 11.8. The monoisotopic (exact) mass is 305 g/mol. The number of rotatable bonds is 4. The molecule has 1 aromatic heterocycles. The summed E-state index contributed by atoms with van der Waals surface area (Å²) in [5.74, 6) is 0.565. The Hall–Kier alpha value is -1.20. The molecule has 1 atom stereocenters. The number of aryl methyl sites for hydroxylation is 1. The Morgan fingerprint density at radius 2 is 2.00 bits per heavy atom. The van der Waals surface area contributed by atoms with Crippen LogP contribution in [0.15, 0.2) is 16.9 Å². The zero-order chi connectivity index (χ0) is 15.4. The van der Waals surface area contributed by atoms with Gasteiger partial charge >= 0.3 is 0 Å². The molecule has 2 saturated heterocycles. The Kier molecular flexibility index (Phi) is 5.26. The van der Waals surface area contributed by atoms with Gasteiger partial charge in [-0.05, 0) is 64.1 Å². The van der Waals surface area contributed by atoms with Crippen molar-refractivity contribution >= 4 is 0 Å². The van der Waals surface area contributed by atoms with Gasteiger partial charge in [0, 0.05) is 25.8 Å². The Labute approximate surface area is 132 Å². The number of ether oxygens (including phenoxy) is 1. The van der Waals surface area contributed by atoms with Gasteiger partial charge in [-0.2, -0.15) is 5.10 Å². The van der Waals surface area contributed by atoms with Gasteiger partial charge in [0.05, 0.1) is 11.8 Å². The molecular formula is C17H27N3O2. The van der Waals surface area contributed by atoms with E-state index in [-0.39, 0.29) is 5.56 Å². The minimum Gasteiger partial charge on any atom is -0.377 e. The maximum absolute atomic E-state index is 11.8. The van der Waals surface area contributed by atoms with Crippen LogP contribution in [0.1, 0.15) is 37.8 Å². The molecule has 0 aromatic carbocycles. The van der Waals surface area contributed by atoms with Crippen molar-refractivity contribution in [3.05, 3.63) is 28.2 Å². The summed E-state index contributed by atoms with van der Waals surface area (Å²) < 4.78 is 7.47. The molecule has 0 N–H and O–H groups in total. The summed E-state index contributed by atoms with van der Waals surface area (Å²) in [5.41, 5.74) is 0.926. The summed E-state index contributed by atoms with van der Waals surface area (Å²) in [5, 5.41) is 4.35. The fourth-order valence-corrected chi connectivity index (χ4v) is 3.52. The molecule has 0 radical (unpaired) electrons. The van der Waals surface area contributed by atoms with E-state index in [2.05, 4.69) is 10.00 Å². The Morgan fingerprint density at radius 3 is 2.73 bits per heavy atom. The molecule has 3 heterocycles. The molecule has 0 bridgehead atoms. The lowest BCUT2D eigenvalue weighted by atomic mass is 9.96. The van der Waals surface area contributed by atoms with Gasteiger partial charge in [-0.1, -0.05) is 0 Å². The third kappa shape index (κ3) is 4.17. The van der Waals surface area contributed by atoms with Crippen molar-refractivity contribution in [3.8, 4) is 0 Å². The predicted octanol–water partition coefficient (Wildman–Crippen LogP) is 1.83. The molecule has 1 aromatic rings. The van der Waals surface area contributed by atoms with Crippen LogP contribution in [0.25, 0.3) is 0 Å². The number of nitrogens with zero attached hydrogens (tertiary/aromatic N) is 3. The molecule has 1 unspecified atom stereocenters. The van der Waals surface area contributed by atoms with E-state index in [0.717, 1.165) is 51.3 Å². The van der Waals surface area contributed by atoms with Gasteiger partial charge in [0.1, 0.15) is 0 Å². The Bertz CT molecular complexity index is 529. The third-order valence-corrected chi connectivity index (χ3v) is 4.87. The minimum atomic E-state index is 0.0173. The van der Waals surface area contributed by atoms with Crippen LogP contribution < -0.4 is 5.56 Å². The van der Waals surface area contributed by atoms with Gasteiger partial charge < -0.3 is 9.64 Å². The average molecular weight is 305 g/mol. The second-order valence-electron chi connectivity index (χ2n) is 6.73. The van der Waals surface area contributed by atoms with Crippen LogP contribution >= 0.6 is 0 Å². The largest absolute Gasteiger partial charge is 0.377 e. The predicted molar refractivity (Wildman–Crippen MR) is 86.0 cm³/mol. The summed E-state index contributed by atoms with van der Waals surface area (Å²) >= 11 is 0. The van der Waals surface area contributed by atoms with Gasteiger partial charge in [-0.15, -0.1) is 0 Å². The quantitative estimate of drug-likeness (QED) is 0.851. The lowest BCUT2D eigenvalue weighted by Gasteiger charge is -2.35. The minimum absolute atomic E-state index is 0.0173. The van der Waals surface area contributed by atoms with Crippen molar-refractivity contribution in [2.24, 2.45) is 5.92 Å². The lowest BCUT2D eigenvalue weighted by molar-refractivity contribution is -0.0118. The van der Waals surface area contributed by atoms with Crippen LogP contribution in [0.4, 0.5) is 0 Å². The van der Waals surface area contributed by atoms with Crippen molar-refractivity contribution in [2.75, 3.05) is 26.2 Å². The number of piperidine rings is 1. The van der Waals surface area contributed by atoms with Crippen molar-refractivity contribution in [3.63, 3.8) is 0 Å². The summed E-state index contributed by atoms with van der Waals surface area (Å²) in [6.07, 6.45) is 6.47. The first-order valence-corrected chi connectivity index (χ1v) is 8.59. The third-order valence-electron chi connectivity index (χ3n) is 4.87. The molecule has 3 rings (SSSR count). The Morgan fingerprint density at radius 1 is 1.18 bits per heavy atom. The second kappa shape index (κ2) is 7.38. The van der Waals surface area contributed by atoms with E-state index in [9.17, 15) is 4.79 Å². The zero-order valence-corrected chi connectivity index (χ0v) is 13.5. The van der Waals surface area contributed by atoms with Crippen LogP contribution in [-0.2, 0) is 11.3 Å². The molecule has 2 aliphatic heterocycles. The lowest BCUT2D eigenvalue weighted by Crippen LogP contribution is -2.42. The number of hydrogen-bond acceptors (Lipinski definition) is 4. The highest BCUT2D eigenvalue weighted by atomic mass is 16.5. The van der Waals surface area contributed by atoms with E-state index < -0.39 is 0 Å². The van der Waals surface area contributed by atoms with Gasteiger partial charge in [-0.3, -0.25) is 4.79 Å². The SMILES string of the molecule is Cc1ccc(=O)n(CC2CCN(CC3CCCCO3)CC2)n1. The molecule has 5 nitrogen and oxygen atoms in total. The molecular weight excluding hydrogens is 278 g/mol. The highest BCUT2D eigenvalue weighted by Crippen LogP contribution is 2.21. The van der Waals surface area contributed by atoms with Crippen LogP contribution in [-0.4, -0.2) is 47.0 Å². The van der Waals surface area contributed by atoms with E-state index in [1.54, 1.807) is 16.8 Å². The average Bonchev–Trinajstić information content (AvgIpc) is 2.54. The van der Waals surface area contributed by atoms with Crippen molar-refractivity contribution in [2.45, 2.75) is 51.7 Å². The van der Waals surface area contributed by atoms with Crippen molar-refractivity contribution in [1.82, 2.24) is 14.7 Å². The van der Waals surface area contributed by atoms with Crippen molar-refractivity contribution in [1.29, 1.82) is 0 Å². The summed E-state index contributed by atoms with van der Waals surface area (Å²) in [7, 11) is 0. The summed E-state index contributed by atoms with van der Waals surface area (Å²) in [4.78, 5) is 14.4. The Balaban J connectivity index is 1.47. The fourth-order valence-electron chi connectivity index (χ4n) is 3.52. The van der Waals surface area contributed by atoms with Crippen LogP contribution in [0.3, 0.4) is 0 Å². The van der Waals surface area contributed by atoms with E-state index in [4.69, 9.17) is 4.74 Å². The van der Waals surface area contributed by atoms with Gasteiger partial charge in [0.15, 0.2) is 0 Å². The van der Waals surface area contributed by atoms with Gasteiger partial charge in [-0.25, -0.2) is 4.68 Å². The second-order valence-corrected chi connectivity index (χ2v) is 6.73. The first-order chi connectivity index (χ1) is 10.7. The molecule has 22 heavy (non-hydrogen) atoms. The van der Waals surface area contributed by atoms with Crippen molar-refractivity contribution < 1.29 is 4.74 Å². The topological polar surface area (TPSA) is 47.4 Å². The van der Waals surface area contributed by atoms with E-state index in [1.165, 1.54) is 19.3 Å². The summed E-state index contributed by atoms with van der Waals surface area (Å²) in [6, 6.07) is 3.41. The maximum Gasteiger partial charge on any atom is 0.266 e. The van der Waals surface area contributed by atoms with Crippen LogP contribution in [0.5, 0.6) is 0 Å².